The summed E-state index contributed by atoms with van der Waals surface area (Å²) in [5, 5.41) is 10.7. The number of nitro benzene ring substituents is 1. The minimum absolute atomic E-state index is 0.0254. The van der Waals surface area contributed by atoms with Gasteiger partial charge in [-0.1, -0.05) is 0 Å². The molecule has 19 heavy (non-hydrogen) atoms. The highest BCUT2D eigenvalue weighted by Crippen LogP contribution is 2.29. The first kappa shape index (κ1) is 15.9. The summed E-state index contributed by atoms with van der Waals surface area (Å²) in [4.78, 5) is 10.2. The third-order valence-electron chi connectivity index (χ3n) is 2.21. The molecule has 0 spiro atoms. The van der Waals surface area contributed by atoms with E-state index in [4.69, 9.17) is 14.2 Å². The van der Waals surface area contributed by atoms with Crippen molar-refractivity contribution in [1.29, 1.82) is 0 Å². The molecule has 0 aromatic heterocycles. The zero-order valence-electron chi connectivity index (χ0n) is 10.8. The molecule has 6 nitrogen and oxygen atoms in total. The largest absolute Gasteiger partial charge is 0.487 e. The molecule has 0 amide bonds. The Bertz CT molecular complexity index is 421. The standard InChI is InChI=1S/C12H16BrNO5/c1-3-17-12(18-4-2)8-19-11-7-9(14(15)16)5-6-10(11)13/h5-7,12H,3-4,8H2,1-2H3. The minimum atomic E-state index is -0.485. The molecule has 0 aliphatic carbocycles. The number of rotatable bonds is 8. The van der Waals surface area contributed by atoms with Gasteiger partial charge in [0, 0.05) is 19.3 Å². The van der Waals surface area contributed by atoms with Crippen molar-refractivity contribution in [2.75, 3.05) is 19.8 Å². The predicted octanol–water partition coefficient (Wildman–Crippen LogP) is 3.14. The molecule has 7 heteroatoms. The maximum atomic E-state index is 10.7. The average molecular weight is 334 g/mol. The normalized spacial score (nSPS) is 10.7. The van der Waals surface area contributed by atoms with Crippen LogP contribution in [0.5, 0.6) is 5.75 Å². The van der Waals surface area contributed by atoms with E-state index >= 15 is 0 Å². The zero-order valence-corrected chi connectivity index (χ0v) is 12.4. The summed E-state index contributed by atoms with van der Waals surface area (Å²) in [5.41, 5.74) is -0.0254. The van der Waals surface area contributed by atoms with Gasteiger partial charge in [0.15, 0.2) is 6.29 Å². The summed E-state index contributed by atoms with van der Waals surface area (Å²) in [7, 11) is 0. The second kappa shape index (κ2) is 8.08. The van der Waals surface area contributed by atoms with Crippen molar-refractivity contribution < 1.29 is 19.1 Å². The lowest BCUT2D eigenvalue weighted by molar-refractivity contribution is -0.385. The van der Waals surface area contributed by atoms with E-state index in [9.17, 15) is 10.1 Å². The van der Waals surface area contributed by atoms with Gasteiger partial charge >= 0.3 is 0 Å². The van der Waals surface area contributed by atoms with Gasteiger partial charge in [-0.3, -0.25) is 10.1 Å². The van der Waals surface area contributed by atoms with E-state index < -0.39 is 11.2 Å². The van der Waals surface area contributed by atoms with Crippen molar-refractivity contribution in [1.82, 2.24) is 0 Å². The Morgan fingerprint density at radius 2 is 1.95 bits per heavy atom. The molecule has 106 valence electrons. The summed E-state index contributed by atoms with van der Waals surface area (Å²) in [6.07, 6.45) is -0.485. The van der Waals surface area contributed by atoms with E-state index in [1.165, 1.54) is 12.1 Å². The van der Waals surface area contributed by atoms with Gasteiger partial charge in [-0.2, -0.15) is 0 Å². The fraction of sp³-hybridized carbons (Fsp3) is 0.500. The van der Waals surface area contributed by atoms with Crippen LogP contribution < -0.4 is 4.74 Å². The van der Waals surface area contributed by atoms with E-state index in [1.54, 1.807) is 6.07 Å². The van der Waals surface area contributed by atoms with Crippen LogP contribution >= 0.6 is 15.9 Å². The number of hydrogen-bond acceptors (Lipinski definition) is 5. The molecule has 0 bridgehead atoms. The van der Waals surface area contributed by atoms with Crippen molar-refractivity contribution in [2.45, 2.75) is 20.1 Å². The summed E-state index contributed by atoms with van der Waals surface area (Å²) >= 11 is 3.28. The first-order valence-corrected chi connectivity index (χ1v) is 6.67. The number of benzene rings is 1. The van der Waals surface area contributed by atoms with Crippen LogP contribution in [0.25, 0.3) is 0 Å². The zero-order chi connectivity index (χ0) is 14.3. The van der Waals surface area contributed by atoms with Crippen LogP contribution in [0.1, 0.15) is 13.8 Å². The van der Waals surface area contributed by atoms with Crippen molar-refractivity contribution in [3.63, 3.8) is 0 Å². The third-order valence-corrected chi connectivity index (χ3v) is 2.86. The Labute approximate surface area is 119 Å². The van der Waals surface area contributed by atoms with Gasteiger partial charge in [0.25, 0.3) is 5.69 Å². The molecule has 0 unspecified atom stereocenters. The fourth-order valence-electron chi connectivity index (χ4n) is 1.39. The maximum Gasteiger partial charge on any atom is 0.273 e. The molecule has 1 aromatic rings. The van der Waals surface area contributed by atoms with Crippen molar-refractivity contribution >= 4 is 21.6 Å². The quantitative estimate of drug-likeness (QED) is 0.415. The number of nitro groups is 1. The van der Waals surface area contributed by atoms with Gasteiger partial charge in [0.1, 0.15) is 12.4 Å². The molecule has 0 N–H and O–H groups in total. The highest BCUT2D eigenvalue weighted by atomic mass is 79.9. The van der Waals surface area contributed by atoms with Gasteiger partial charge in [-0.05, 0) is 35.8 Å². The Morgan fingerprint density at radius 1 is 1.32 bits per heavy atom. The Kier molecular flexibility index (Phi) is 6.75. The summed E-state index contributed by atoms with van der Waals surface area (Å²) in [6, 6.07) is 4.34. The first-order valence-electron chi connectivity index (χ1n) is 5.88. The average Bonchev–Trinajstić information content (AvgIpc) is 2.37. The van der Waals surface area contributed by atoms with E-state index in [0.717, 1.165) is 0 Å². The van der Waals surface area contributed by atoms with E-state index in [0.29, 0.717) is 23.4 Å². The highest BCUT2D eigenvalue weighted by molar-refractivity contribution is 9.10. The lowest BCUT2D eigenvalue weighted by Crippen LogP contribution is -2.25. The van der Waals surface area contributed by atoms with Gasteiger partial charge in [0.2, 0.25) is 0 Å². The molecule has 0 heterocycles. The number of halogens is 1. The SMILES string of the molecule is CCOC(COc1cc([N+](=O)[O-])ccc1Br)OCC. The van der Waals surface area contributed by atoms with Crippen LogP contribution in [-0.2, 0) is 9.47 Å². The van der Waals surface area contributed by atoms with Crippen molar-refractivity contribution in [3.8, 4) is 5.75 Å². The van der Waals surface area contributed by atoms with Gasteiger partial charge in [-0.25, -0.2) is 0 Å². The van der Waals surface area contributed by atoms with Crippen LogP contribution in [0.3, 0.4) is 0 Å². The smallest absolute Gasteiger partial charge is 0.273 e. The Balaban J connectivity index is 2.69. The van der Waals surface area contributed by atoms with Crippen LogP contribution in [0, 0.1) is 10.1 Å². The molecular formula is C12H16BrNO5. The number of ether oxygens (including phenoxy) is 3. The number of non-ortho nitro benzene ring substituents is 1. The van der Waals surface area contributed by atoms with E-state index in [2.05, 4.69) is 15.9 Å². The fourth-order valence-corrected chi connectivity index (χ4v) is 1.75. The number of hydrogen-bond donors (Lipinski definition) is 0. The lowest BCUT2D eigenvalue weighted by atomic mass is 10.3. The molecular weight excluding hydrogens is 318 g/mol. The maximum absolute atomic E-state index is 10.7. The lowest BCUT2D eigenvalue weighted by Gasteiger charge is -2.17. The molecule has 0 aliphatic rings. The molecule has 1 rings (SSSR count). The van der Waals surface area contributed by atoms with E-state index in [1.807, 2.05) is 13.8 Å². The molecule has 0 radical (unpaired) electrons. The molecule has 0 fully saturated rings. The first-order chi connectivity index (χ1) is 9.08. The molecule has 0 atom stereocenters. The summed E-state index contributed by atoms with van der Waals surface area (Å²) in [6.45, 7) is 4.89. The second-order valence-electron chi connectivity index (χ2n) is 3.52. The van der Waals surface area contributed by atoms with Gasteiger partial charge in [-0.15, -0.1) is 0 Å². The third kappa shape index (κ3) is 5.14. The molecule has 0 saturated carbocycles. The highest BCUT2D eigenvalue weighted by Gasteiger charge is 2.13. The summed E-state index contributed by atoms with van der Waals surface area (Å²) in [5.74, 6) is 0.388. The molecule has 1 aromatic carbocycles. The number of nitrogens with zero attached hydrogens (tertiary/aromatic N) is 1. The summed E-state index contributed by atoms with van der Waals surface area (Å²) < 4.78 is 16.8. The minimum Gasteiger partial charge on any atom is -0.487 e. The monoisotopic (exact) mass is 333 g/mol. The van der Waals surface area contributed by atoms with Crippen LogP contribution in [0.2, 0.25) is 0 Å². The van der Waals surface area contributed by atoms with Gasteiger partial charge in [0.05, 0.1) is 15.5 Å². The van der Waals surface area contributed by atoms with E-state index in [-0.39, 0.29) is 12.3 Å². The predicted molar refractivity (Wildman–Crippen MR) is 73.3 cm³/mol. The van der Waals surface area contributed by atoms with Crippen molar-refractivity contribution in [3.05, 3.63) is 32.8 Å². The van der Waals surface area contributed by atoms with Crippen molar-refractivity contribution in [2.24, 2.45) is 0 Å². The van der Waals surface area contributed by atoms with Crippen LogP contribution in [-0.4, -0.2) is 31.0 Å². The van der Waals surface area contributed by atoms with Crippen LogP contribution in [0.4, 0.5) is 5.69 Å². The topological polar surface area (TPSA) is 70.8 Å². The van der Waals surface area contributed by atoms with Crippen LogP contribution in [0.15, 0.2) is 22.7 Å². The molecule has 0 saturated heterocycles. The molecule has 0 aliphatic heterocycles. The van der Waals surface area contributed by atoms with Gasteiger partial charge < -0.3 is 14.2 Å². The Hall–Kier alpha value is -1.18. The Morgan fingerprint density at radius 3 is 2.47 bits per heavy atom. The second-order valence-corrected chi connectivity index (χ2v) is 4.38.